The third-order valence-electron chi connectivity index (χ3n) is 3.52. The number of carbonyl (C=O) groups excluding carboxylic acids is 2. The molecule has 1 saturated heterocycles. The van der Waals surface area contributed by atoms with E-state index in [-0.39, 0.29) is 16.4 Å². The molecule has 1 aliphatic rings. The maximum Gasteiger partial charge on any atom is 0.251 e. The van der Waals surface area contributed by atoms with E-state index in [1.807, 2.05) is 0 Å². The predicted octanol–water partition coefficient (Wildman–Crippen LogP) is -0.00680. The molecule has 1 aromatic rings. The van der Waals surface area contributed by atoms with Gasteiger partial charge >= 0.3 is 0 Å². The van der Waals surface area contributed by atoms with Crippen LogP contribution in [0.5, 0.6) is 0 Å². The Hall–Kier alpha value is -1.93. The molecule has 0 unspecified atom stereocenters. The van der Waals surface area contributed by atoms with Crippen LogP contribution < -0.4 is 15.4 Å². The molecule has 1 heterocycles. The number of benzene rings is 1. The van der Waals surface area contributed by atoms with Gasteiger partial charge in [-0.25, -0.2) is 13.1 Å². The molecule has 0 aromatic heterocycles. The highest BCUT2D eigenvalue weighted by molar-refractivity contribution is 7.89. The van der Waals surface area contributed by atoms with Crippen molar-refractivity contribution < 1.29 is 18.0 Å². The predicted molar refractivity (Wildman–Crippen MR) is 80.8 cm³/mol. The zero-order valence-corrected chi connectivity index (χ0v) is 13.1. The summed E-state index contributed by atoms with van der Waals surface area (Å²) in [7, 11) is -2.31. The maximum absolute atomic E-state index is 12.2. The van der Waals surface area contributed by atoms with Gasteiger partial charge in [-0.3, -0.25) is 9.59 Å². The van der Waals surface area contributed by atoms with E-state index in [1.165, 1.54) is 31.3 Å². The molecule has 0 bridgehead atoms. The second-order valence-electron chi connectivity index (χ2n) is 5.05. The monoisotopic (exact) mass is 325 g/mol. The first-order valence-electron chi connectivity index (χ1n) is 7.06. The highest BCUT2D eigenvalue weighted by Crippen LogP contribution is 2.12. The average Bonchev–Trinajstić information content (AvgIpc) is 2.72. The zero-order chi connectivity index (χ0) is 16.2. The van der Waals surface area contributed by atoms with Crippen LogP contribution in [0.4, 0.5) is 0 Å². The van der Waals surface area contributed by atoms with Crippen LogP contribution >= 0.6 is 0 Å². The van der Waals surface area contributed by atoms with Crippen LogP contribution in [-0.4, -0.2) is 39.9 Å². The van der Waals surface area contributed by atoms with Crippen LogP contribution in [0.25, 0.3) is 0 Å². The fourth-order valence-corrected chi connectivity index (χ4v) is 3.02. The number of rotatable bonds is 4. The minimum absolute atomic E-state index is 0.00738. The second kappa shape index (κ2) is 6.89. The van der Waals surface area contributed by atoms with Crippen LogP contribution in [0.15, 0.2) is 29.2 Å². The van der Waals surface area contributed by atoms with E-state index in [1.54, 1.807) is 0 Å². The first kappa shape index (κ1) is 16.4. The summed E-state index contributed by atoms with van der Waals surface area (Å²) in [6.45, 7) is 0.612. The molecule has 1 fully saturated rings. The fourth-order valence-electron chi connectivity index (χ4n) is 2.24. The van der Waals surface area contributed by atoms with Gasteiger partial charge in [-0.1, -0.05) is 6.07 Å². The van der Waals surface area contributed by atoms with Gasteiger partial charge in [-0.05, 0) is 44.5 Å². The van der Waals surface area contributed by atoms with Gasteiger partial charge in [0.05, 0.1) is 4.90 Å². The molecule has 22 heavy (non-hydrogen) atoms. The van der Waals surface area contributed by atoms with Crippen LogP contribution in [-0.2, 0) is 14.8 Å². The highest BCUT2D eigenvalue weighted by Gasteiger charge is 2.23. The van der Waals surface area contributed by atoms with E-state index in [0.717, 1.165) is 12.8 Å². The minimum Gasteiger partial charge on any atom is -0.354 e. The summed E-state index contributed by atoms with van der Waals surface area (Å²) in [4.78, 5) is 24.1. The Morgan fingerprint density at radius 3 is 2.82 bits per heavy atom. The molecule has 0 saturated carbocycles. The number of carbonyl (C=O) groups is 2. The molecule has 1 aliphatic heterocycles. The summed E-state index contributed by atoms with van der Waals surface area (Å²) in [6.07, 6.45) is 2.30. The minimum atomic E-state index is -3.61. The quantitative estimate of drug-likeness (QED) is 0.724. The van der Waals surface area contributed by atoms with Gasteiger partial charge in [-0.15, -0.1) is 0 Å². The highest BCUT2D eigenvalue weighted by atomic mass is 32.2. The Bertz CT molecular complexity index is 672. The van der Waals surface area contributed by atoms with Crippen molar-refractivity contribution in [1.82, 2.24) is 15.4 Å². The van der Waals surface area contributed by atoms with Gasteiger partial charge in [0.1, 0.15) is 6.04 Å². The lowest BCUT2D eigenvalue weighted by molar-refractivity contribution is -0.122. The van der Waals surface area contributed by atoms with Gasteiger partial charge in [0.2, 0.25) is 15.9 Å². The van der Waals surface area contributed by atoms with Crippen molar-refractivity contribution in [1.29, 1.82) is 0 Å². The van der Waals surface area contributed by atoms with Crippen molar-refractivity contribution in [3.8, 4) is 0 Å². The lowest BCUT2D eigenvalue weighted by Crippen LogP contribution is -2.45. The van der Waals surface area contributed by atoms with Crippen LogP contribution in [0.2, 0.25) is 0 Å². The molecule has 2 rings (SSSR count). The molecule has 1 atom stereocenters. The van der Waals surface area contributed by atoms with Crippen LogP contribution in [0, 0.1) is 0 Å². The summed E-state index contributed by atoms with van der Waals surface area (Å²) in [5.74, 6) is -0.667. The Morgan fingerprint density at radius 1 is 1.32 bits per heavy atom. The smallest absolute Gasteiger partial charge is 0.251 e. The first-order valence-corrected chi connectivity index (χ1v) is 8.54. The van der Waals surface area contributed by atoms with Gasteiger partial charge in [0, 0.05) is 12.1 Å². The number of hydrogen-bond donors (Lipinski definition) is 3. The van der Waals surface area contributed by atoms with E-state index >= 15 is 0 Å². The lowest BCUT2D eigenvalue weighted by atomic mass is 10.1. The summed E-state index contributed by atoms with van der Waals surface area (Å²) < 4.78 is 25.7. The second-order valence-corrected chi connectivity index (χ2v) is 6.93. The third kappa shape index (κ3) is 3.83. The molecule has 1 aromatic carbocycles. The fraction of sp³-hybridized carbons (Fsp3) is 0.429. The van der Waals surface area contributed by atoms with E-state index in [4.69, 9.17) is 0 Å². The Labute approximate surface area is 129 Å². The van der Waals surface area contributed by atoms with E-state index in [9.17, 15) is 18.0 Å². The van der Waals surface area contributed by atoms with E-state index < -0.39 is 22.0 Å². The Morgan fingerprint density at radius 2 is 2.09 bits per heavy atom. The topological polar surface area (TPSA) is 104 Å². The van der Waals surface area contributed by atoms with Crippen molar-refractivity contribution in [2.75, 3.05) is 13.6 Å². The molecule has 8 heteroatoms. The summed E-state index contributed by atoms with van der Waals surface area (Å²) in [5, 5.41) is 5.39. The Balaban J connectivity index is 2.16. The van der Waals surface area contributed by atoms with Crippen molar-refractivity contribution in [2.45, 2.75) is 30.2 Å². The number of hydrogen-bond acceptors (Lipinski definition) is 4. The lowest BCUT2D eigenvalue weighted by Gasteiger charge is -2.15. The standard InChI is InChI=1S/C14H19N3O4S/c1-15-22(20,21)11-6-4-5-10(9-11)13(18)17-12-7-2-3-8-16-14(12)19/h4-6,9,12,15H,2-3,7-8H2,1H3,(H,16,19)(H,17,18)/t12-/m0/s1. The maximum atomic E-state index is 12.2. The summed E-state index contributed by atoms with van der Waals surface area (Å²) >= 11 is 0. The molecular weight excluding hydrogens is 306 g/mol. The van der Waals surface area contributed by atoms with E-state index in [0.29, 0.717) is 13.0 Å². The molecule has 120 valence electrons. The molecule has 0 radical (unpaired) electrons. The molecule has 0 aliphatic carbocycles. The molecule has 0 spiro atoms. The van der Waals surface area contributed by atoms with E-state index in [2.05, 4.69) is 15.4 Å². The van der Waals surface area contributed by atoms with Crippen LogP contribution in [0.1, 0.15) is 29.6 Å². The molecular formula is C14H19N3O4S. The normalized spacial score (nSPS) is 19.1. The van der Waals surface area contributed by atoms with Crippen LogP contribution in [0.3, 0.4) is 0 Å². The van der Waals surface area contributed by atoms with Crippen molar-refractivity contribution in [3.05, 3.63) is 29.8 Å². The molecule has 3 N–H and O–H groups in total. The van der Waals surface area contributed by atoms with Gasteiger partial charge in [-0.2, -0.15) is 0 Å². The third-order valence-corrected chi connectivity index (χ3v) is 4.93. The van der Waals surface area contributed by atoms with Crippen molar-refractivity contribution in [3.63, 3.8) is 0 Å². The average molecular weight is 325 g/mol. The summed E-state index contributed by atoms with van der Waals surface area (Å²) in [5.41, 5.74) is 0.202. The zero-order valence-electron chi connectivity index (χ0n) is 12.3. The number of sulfonamides is 1. The molecule has 2 amide bonds. The number of nitrogens with one attached hydrogen (secondary N) is 3. The number of amides is 2. The van der Waals surface area contributed by atoms with Crippen molar-refractivity contribution >= 4 is 21.8 Å². The van der Waals surface area contributed by atoms with Gasteiger partial charge in [0.25, 0.3) is 5.91 Å². The SMILES string of the molecule is CNS(=O)(=O)c1cccc(C(=O)N[C@H]2CCCCNC2=O)c1. The summed E-state index contributed by atoms with van der Waals surface area (Å²) in [6, 6.07) is 5.11. The largest absolute Gasteiger partial charge is 0.354 e. The first-order chi connectivity index (χ1) is 10.4. The van der Waals surface area contributed by atoms with Crippen molar-refractivity contribution in [2.24, 2.45) is 0 Å². The Kier molecular flexibility index (Phi) is 5.15. The van der Waals surface area contributed by atoms with Gasteiger partial charge < -0.3 is 10.6 Å². The van der Waals surface area contributed by atoms with Gasteiger partial charge in [0.15, 0.2) is 0 Å². The molecule has 7 nitrogen and oxygen atoms in total.